The maximum absolute atomic E-state index is 4.93. The number of rotatable bonds is 1. The van der Waals surface area contributed by atoms with Crippen molar-refractivity contribution < 1.29 is 0 Å². The fourth-order valence-corrected chi connectivity index (χ4v) is 1.13. The first-order chi connectivity index (χ1) is 5.88. The molecule has 0 aliphatic rings. The summed E-state index contributed by atoms with van der Waals surface area (Å²) < 4.78 is 2.07. The van der Waals surface area contributed by atoms with E-state index in [1.165, 1.54) is 0 Å². The average Bonchev–Trinajstić information content (AvgIpc) is 2.53. The van der Waals surface area contributed by atoms with Crippen LogP contribution in [0.1, 0.15) is 0 Å². The largest absolute Gasteiger partial charge is 0.242 e. The molecule has 0 amide bonds. The minimum absolute atomic E-state index is 0. The van der Waals surface area contributed by atoms with Crippen LogP contribution in [0.15, 0.2) is 30.3 Å². The number of hydrogen-bond acceptors (Lipinski definition) is 3. The van der Waals surface area contributed by atoms with Crippen LogP contribution in [0.25, 0.3) is 5.69 Å². The number of para-hydroxylation sites is 1. The van der Waals surface area contributed by atoms with Crippen molar-refractivity contribution in [3.05, 3.63) is 35.1 Å². The van der Waals surface area contributed by atoms with Gasteiger partial charge in [0.25, 0.3) is 0 Å². The van der Waals surface area contributed by atoms with Gasteiger partial charge in [0.05, 0.1) is 5.69 Å². The zero-order valence-electron chi connectivity index (χ0n) is 7.14. The Bertz CT molecular complexity index is 421. The van der Waals surface area contributed by atoms with Crippen LogP contribution < -0.4 is 0 Å². The fourth-order valence-electron chi connectivity index (χ4n) is 0.943. The van der Waals surface area contributed by atoms with Crippen LogP contribution in [-0.4, -0.2) is 71.6 Å². The topological polar surface area (TPSA) is 46.5 Å². The zero-order chi connectivity index (χ0) is 8.39. The van der Waals surface area contributed by atoms with Gasteiger partial charge in [-0.2, -0.15) is 5.21 Å². The maximum Gasteiger partial charge on any atom is 0.242 e. The molecule has 0 saturated heterocycles. The van der Waals surface area contributed by atoms with E-state index in [0.717, 1.165) is 5.69 Å². The molecule has 2 rings (SSSR count). The summed E-state index contributed by atoms with van der Waals surface area (Å²) in [6.45, 7) is 0. The summed E-state index contributed by atoms with van der Waals surface area (Å²) in [4.78, 5) is 0. The van der Waals surface area contributed by atoms with Gasteiger partial charge in [-0.25, -0.2) is 4.68 Å². The second-order valence-electron chi connectivity index (χ2n) is 2.25. The third-order valence-corrected chi connectivity index (χ3v) is 1.75. The van der Waals surface area contributed by atoms with Gasteiger partial charge in [0, 0.05) is 51.4 Å². The Labute approximate surface area is 123 Å². The molecule has 13 heavy (non-hydrogen) atoms. The first kappa shape index (κ1) is 11.2. The number of benzene rings is 1. The van der Waals surface area contributed by atoms with Crippen molar-refractivity contribution in [2.45, 2.75) is 0 Å². The molecule has 2 aromatic rings. The predicted molar refractivity (Wildman–Crippen MR) is 52.3 cm³/mol. The number of tetrazole rings is 1. The first-order valence-corrected chi connectivity index (χ1v) is 3.84. The summed E-state index contributed by atoms with van der Waals surface area (Å²) in [7, 11) is 0. The van der Waals surface area contributed by atoms with E-state index in [1.807, 2.05) is 30.3 Å². The van der Waals surface area contributed by atoms with E-state index >= 15 is 0 Å². The second kappa shape index (κ2) is 5.13. The van der Waals surface area contributed by atoms with Crippen LogP contribution in [0.4, 0.5) is 0 Å². The van der Waals surface area contributed by atoms with E-state index in [2.05, 4.69) is 15.5 Å². The van der Waals surface area contributed by atoms with E-state index < -0.39 is 0 Å². The normalized spacial score (nSPS) is 9.23. The Morgan fingerprint density at radius 3 is 2.46 bits per heavy atom. The van der Waals surface area contributed by atoms with Crippen LogP contribution >= 0.6 is 12.2 Å². The van der Waals surface area contributed by atoms with Gasteiger partial charge >= 0.3 is 0 Å². The molecule has 0 fully saturated rings. The third-order valence-electron chi connectivity index (χ3n) is 1.49. The van der Waals surface area contributed by atoms with E-state index in [1.54, 1.807) is 4.68 Å². The van der Waals surface area contributed by atoms with Crippen molar-refractivity contribution in [2.75, 3.05) is 0 Å². The average molecular weight is 217 g/mol. The molecule has 1 N–H and O–H groups in total. The minimum atomic E-state index is 0. The molecule has 6 heteroatoms. The van der Waals surface area contributed by atoms with Crippen molar-refractivity contribution in [3.8, 4) is 5.69 Å². The monoisotopic (exact) mass is 217 g/mol. The molecule has 0 bridgehead atoms. The minimum Gasteiger partial charge on any atom is -0.210 e. The van der Waals surface area contributed by atoms with Gasteiger partial charge in [0.1, 0.15) is 0 Å². The van der Waals surface area contributed by atoms with Gasteiger partial charge < -0.3 is 0 Å². The molecule has 0 atom stereocenters. The number of nitrogens with one attached hydrogen (secondary N) is 1. The van der Waals surface area contributed by atoms with Crippen molar-refractivity contribution >= 4 is 63.6 Å². The van der Waals surface area contributed by atoms with Crippen molar-refractivity contribution in [3.63, 3.8) is 0 Å². The smallest absolute Gasteiger partial charge is 0.210 e. The molecule has 0 saturated carbocycles. The maximum atomic E-state index is 4.93. The molecule has 0 unspecified atom stereocenters. The van der Waals surface area contributed by atoms with E-state index in [0.29, 0.717) is 4.77 Å². The molecule has 1 radical (unpaired) electrons. The summed E-state index contributed by atoms with van der Waals surface area (Å²) >= 11 is 4.93. The summed E-state index contributed by atoms with van der Waals surface area (Å²) in [5.41, 5.74) is 0.938. The Morgan fingerprint density at radius 2 is 1.92 bits per heavy atom. The SMILES string of the molecule is S=c1nn[nH]n1-c1ccccc1.[K]. The van der Waals surface area contributed by atoms with Gasteiger partial charge in [0.2, 0.25) is 4.77 Å². The van der Waals surface area contributed by atoms with Gasteiger partial charge in [-0.05, 0) is 24.4 Å². The van der Waals surface area contributed by atoms with Crippen molar-refractivity contribution in [1.82, 2.24) is 20.2 Å². The summed E-state index contributed by atoms with van der Waals surface area (Å²) in [5, 5.41) is 9.92. The Kier molecular flexibility index (Phi) is 4.43. The number of aromatic nitrogens is 4. The Balaban J connectivity index is 0.000000845. The van der Waals surface area contributed by atoms with Crippen LogP contribution in [-0.2, 0) is 0 Å². The van der Waals surface area contributed by atoms with E-state index in [9.17, 15) is 0 Å². The molecule has 61 valence electrons. The standard InChI is InChI=1S/C7H6N4S.K/c12-7-8-9-10-11(7)6-4-2-1-3-5-6;/h1-5H,(H,8,10,12);. The molecular weight excluding hydrogens is 211 g/mol. The van der Waals surface area contributed by atoms with E-state index in [-0.39, 0.29) is 51.4 Å². The van der Waals surface area contributed by atoms with Gasteiger partial charge in [0.15, 0.2) is 0 Å². The number of aromatic amines is 1. The molecular formula is C7H6KN4S. The fraction of sp³-hybridized carbons (Fsp3) is 0. The quantitative estimate of drug-likeness (QED) is 0.571. The zero-order valence-corrected chi connectivity index (χ0v) is 11.1. The molecule has 0 aliphatic carbocycles. The van der Waals surface area contributed by atoms with Gasteiger partial charge in [-0.15, -0.1) is 0 Å². The van der Waals surface area contributed by atoms with Crippen LogP contribution in [0, 0.1) is 4.77 Å². The van der Waals surface area contributed by atoms with Gasteiger partial charge in [-0.1, -0.05) is 28.5 Å². The summed E-state index contributed by atoms with van der Waals surface area (Å²) in [6, 6.07) is 9.65. The Hall–Kier alpha value is 0.146. The van der Waals surface area contributed by atoms with Crippen molar-refractivity contribution in [1.29, 1.82) is 0 Å². The second-order valence-corrected chi connectivity index (χ2v) is 2.62. The summed E-state index contributed by atoms with van der Waals surface area (Å²) in [6.07, 6.45) is 0. The molecule has 1 aromatic heterocycles. The predicted octanol–water partition coefficient (Wildman–Crippen LogP) is 0.944. The van der Waals surface area contributed by atoms with Crippen molar-refractivity contribution in [2.24, 2.45) is 0 Å². The van der Waals surface area contributed by atoms with Gasteiger partial charge in [-0.3, -0.25) is 0 Å². The molecule has 4 nitrogen and oxygen atoms in total. The number of hydrogen-bond donors (Lipinski definition) is 1. The van der Waals surface area contributed by atoms with Crippen LogP contribution in [0.5, 0.6) is 0 Å². The molecule has 1 aromatic carbocycles. The Morgan fingerprint density at radius 1 is 1.23 bits per heavy atom. The third kappa shape index (κ3) is 2.55. The molecule has 1 heterocycles. The first-order valence-electron chi connectivity index (χ1n) is 3.43. The van der Waals surface area contributed by atoms with Crippen LogP contribution in [0.2, 0.25) is 0 Å². The summed E-state index contributed by atoms with van der Waals surface area (Å²) in [5.74, 6) is 0. The number of nitrogens with zero attached hydrogens (tertiary/aromatic N) is 3. The number of H-pyrrole nitrogens is 1. The molecule has 0 aliphatic heterocycles. The van der Waals surface area contributed by atoms with Crippen LogP contribution in [0.3, 0.4) is 0 Å². The molecule has 0 spiro atoms. The van der Waals surface area contributed by atoms with E-state index in [4.69, 9.17) is 12.2 Å².